The van der Waals surface area contributed by atoms with Gasteiger partial charge < -0.3 is 0 Å². The Kier molecular flexibility index (Phi) is 7.62. The Morgan fingerprint density at radius 2 is 0.740 bits per heavy atom. The molecule has 0 aromatic heterocycles. The molecule has 0 saturated heterocycles. The molecule has 0 amide bonds. The van der Waals surface area contributed by atoms with Crippen LogP contribution >= 0.6 is 0 Å². The first kappa shape index (κ1) is 32.6. The van der Waals surface area contributed by atoms with Gasteiger partial charge in [0.1, 0.15) is 35.4 Å². The second-order valence-electron chi connectivity index (χ2n) is 11.0. The molecule has 0 heterocycles. The van der Waals surface area contributed by atoms with Gasteiger partial charge >= 0.3 is 12.4 Å². The number of hydrogen-bond donors (Lipinski definition) is 0. The lowest BCUT2D eigenvalue weighted by Gasteiger charge is -2.16. The molecular formula is C38H12F6N6. The molecule has 6 nitrogen and oxygen atoms in total. The quantitative estimate of drug-likeness (QED) is 0.154. The van der Waals surface area contributed by atoms with Crippen LogP contribution in [0, 0.1) is 68.0 Å². The zero-order chi connectivity index (χ0) is 36.1. The molecule has 6 rings (SSSR count). The number of rotatable bonds is 2. The predicted octanol–water partition coefficient (Wildman–Crippen LogP) is 9.34. The van der Waals surface area contributed by atoms with Crippen LogP contribution in [0.15, 0.2) is 83.9 Å². The average Bonchev–Trinajstić information content (AvgIpc) is 3.60. The number of benzene rings is 4. The van der Waals surface area contributed by atoms with Gasteiger partial charge in [-0.05, 0) is 80.9 Å². The van der Waals surface area contributed by atoms with Crippen molar-refractivity contribution in [1.29, 1.82) is 31.6 Å². The van der Waals surface area contributed by atoms with E-state index in [4.69, 9.17) is 0 Å². The lowest BCUT2D eigenvalue weighted by atomic mass is 9.87. The van der Waals surface area contributed by atoms with Crippen molar-refractivity contribution in [2.45, 2.75) is 12.4 Å². The number of fused-ring (bicyclic) bond motifs is 4. The maximum Gasteiger partial charge on any atom is 0.417 e. The van der Waals surface area contributed by atoms with E-state index >= 15 is 0 Å². The molecule has 2 aliphatic carbocycles. The topological polar surface area (TPSA) is 143 Å². The van der Waals surface area contributed by atoms with Crippen molar-refractivity contribution in [2.75, 3.05) is 0 Å². The van der Waals surface area contributed by atoms with Crippen molar-refractivity contribution in [3.63, 3.8) is 0 Å². The zero-order valence-corrected chi connectivity index (χ0v) is 24.9. The molecular weight excluding hydrogens is 654 g/mol. The van der Waals surface area contributed by atoms with Crippen molar-refractivity contribution >= 4 is 22.3 Å². The molecule has 12 heteroatoms. The van der Waals surface area contributed by atoms with Crippen molar-refractivity contribution in [2.24, 2.45) is 0 Å². The van der Waals surface area contributed by atoms with Crippen molar-refractivity contribution in [1.82, 2.24) is 0 Å². The van der Waals surface area contributed by atoms with E-state index in [2.05, 4.69) is 0 Å². The van der Waals surface area contributed by atoms with Gasteiger partial charge in [0.15, 0.2) is 0 Å². The van der Waals surface area contributed by atoms with Crippen LogP contribution < -0.4 is 0 Å². The van der Waals surface area contributed by atoms with E-state index in [0.29, 0.717) is 11.1 Å². The average molecular weight is 667 g/mol. The van der Waals surface area contributed by atoms with Crippen LogP contribution in [0.25, 0.3) is 44.5 Å². The van der Waals surface area contributed by atoms with Crippen LogP contribution in [0.3, 0.4) is 0 Å². The van der Waals surface area contributed by atoms with Gasteiger partial charge in [-0.15, -0.1) is 0 Å². The minimum absolute atomic E-state index is 0.0740. The highest BCUT2D eigenvalue weighted by atomic mass is 19.4. The van der Waals surface area contributed by atoms with E-state index in [9.17, 15) is 57.9 Å². The summed E-state index contributed by atoms with van der Waals surface area (Å²) < 4.78 is 82.9. The Balaban J connectivity index is 1.66. The first-order valence-corrected chi connectivity index (χ1v) is 14.2. The Labute approximate surface area is 279 Å². The van der Waals surface area contributed by atoms with E-state index in [1.807, 2.05) is 24.3 Å². The summed E-state index contributed by atoms with van der Waals surface area (Å²) >= 11 is 0. The van der Waals surface area contributed by atoms with Crippen LogP contribution in [-0.2, 0) is 12.4 Å². The highest BCUT2D eigenvalue weighted by Crippen LogP contribution is 2.60. The summed E-state index contributed by atoms with van der Waals surface area (Å²) in [6.07, 6.45) is -9.69. The summed E-state index contributed by atoms with van der Waals surface area (Å²) in [6.45, 7) is 0. The number of allylic oxidation sites excluding steroid dienone is 6. The van der Waals surface area contributed by atoms with Crippen LogP contribution in [-0.4, -0.2) is 0 Å². The summed E-state index contributed by atoms with van der Waals surface area (Å²) in [4.78, 5) is 0. The van der Waals surface area contributed by atoms with Gasteiger partial charge in [-0.2, -0.15) is 57.9 Å². The minimum atomic E-state index is -4.84. The molecule has 0 bridgehead atoms. The number of halogens is 6. The van der Waals surface area contributed by atoms with E-state index in [0.717, 1.165) is 24.3 Å². The summed E-state index contributed by atoms with van der Waals surface area (Å²) in [5.41, 5.74) is -1.81. The Hall–Kier alpha value is -7.38. The molecule has 0 unspecified atom stereocenters. The lowest BCUT2D eigenvalue weighted by Crippen LogP contribution is -2.08. The lowest BCUT2D eigenvalue weighted by molar-refractivity contribution is -0.138. The monoisotopic (exact) mass is 666 g/mol. The van der Waals surface area contributed by atoms with Crippen molar-refractivity contribution in [3.05, 3.63) is 128 Å². The zero-order valence-electron chi connectivity index (χ0n) is 24.9. The van der Waals surface area contributed by atoms with E-state index in [-0.39, 0.29) is 66.8 Å². The minimum Gasteiger partial charge on any atom is -0.192 e. The Bertz CT molecular complexity index is 2370. The summed E-state index contributed by atoms with van der Waals surface area (Å²) in [5.74, 6) is 0. The van der Waals surface area contributed by atoms with E-state index in [1.54, 1.807) is 0 Å². The summed E-state index contributed by atoms with van der Waals surface area (Å²) in [7, 11) is 0. The van der Waals surface area contributed by atoms with Crippen molar-refractivity contribution in [3.8, 4) is 58.7 Å². The molecule has 236 valence electrons. The molecule has 0 fully saturated rings. The maximum atomic E-state index is 13.8. The fourth-order valence-electron chi connectivity index (χ4n) is 6.26. The van der Waals surface area contributed by atoms with Crippen LogP contribution in [0.2, 0.25) is 0 Å². The van der Waals surface area contributed by atoms with Crippen LogP contribution in [0.1, 0.15) is 44.5 Å². The number of nitrogens with zero attached hydrogens (tertiary/aromatic N) is 6. The van der Waals surface area contributed by atoms with Gasteiger partial charge in [0.05, 0.1) is 34.4 Å². The van der Waals surface area contributed by atoms with E-state index in [1.165, 1.54) is 60.7 Å². The smallest absolute Gasteiger partial charge is 0.192 e. The highest BCUT2D eigenvalue weighted by molar-refractivity contribution is 6.38. The molecule has 0 atom stereocenters. The molecule has 0 N–H and O–H groups in total. The first-order chi connectivity index (χ1) is 23.8. The molecule has 50 heavy (non-hydrogen) atoms. The van der Waals surface area contributed by atoms with E-state index < -0.39 is 34.6 Å². The molecule has 2 aliphatic rings. The van der Waals surface area contributed by atoms with Crippen LogP contribution in [0.4, 0.5) is 26.3 Å². The maximum absolute atomic E-state index is 13.8. The molecule has 0 spiro atoms. The molecule has 4 aromatic carbocycles. The molecule has 0 saturated carbocycles. The second-order valence-corrected chi connectivity index (χ2v) is 11.0. The molecule has 0 radical (unpaired) electrons. The standard InChI is InChI=1S/C38H12F6N6/c39-37(40,41)31-11-21(1-3-23(31)13-45)19-5-7-27-29(9-19)35-34(26(17-49)18-50)28-8-6-20(10-30(28)36(35)33(27)25(15-47)16-48)22-2-4-24(14-46)32(12-22)38(42,43)44/h1-12H. The predicted molar refractivity (Wildman–Crippen MR) is 166 cm³/mol. The van der Waals surface area contributed by atoms with Gasteiger partial charge in [-0.1, -0.05) is 36.4 Å². The normalized spacial score (nSPS) is 12.7. The first-order valence-electron chi connectivity index (χ1n) is 14.2. The second kappa shape index (κ2) is 11.7. The van der Waals surface area contributed by atoms with Gasteiger partial charge in [0.2, 0.25) is 0 Å². The fourth-order valence-corrected chi connectivity index (χ4v) is 6.26. The molecule has 4 aromatic rings. The Morgan fingerprint density at radius 1 is 0.420 bits per heavy atom. The summed E-state index contributed by atoms with van der Waals surface area (Å²) in [6, 6.07) is 25.6. The highest BCUT2D eigenvalue weighted by Gasteiger charge is 2.41. The third-order valence-corrected chi connectivity index (χ3v) is 8.37. The Morgan fingerprint density at radius 3 is 1.04 bits per heavy atom. The van der Waals surface area contributed by atoms with Gasteiger partial charge in [0.25, 0.3) is 0 Å². The number of hydrogen-bond acceptors (Lipinski definition) is 6. The number of nitriles is 6. The largest absolute Gasteiger partial charge is 0.417 e. The van der Waals surface area contributed by atoms with Gasteiger partial charge in [-0.25, -0.2) is 0 Å². The summed E-state index contributed by atoms with van der Waals surface area (Å²) in [5, 5.41) is 58.4. The molecule has 0 aliphatic heterocycles. The van der Waals surface area contributed by atoms with Crippen LogP contribution in [0.5, 0.6) is 0 Å². The fraction of sp³-hybridized carbons (Fsp3) is 0.0526. The van der Waals surface area contributed by atoms with Crippen molar-refractivity contribution < 1.29 is 26.3 Å². The number of alkyl halides is 6. The SMILES string of the molecule is N#CC(C#N)=C1C2=C(C(=C(C#N)C#N)c3ccc(-c4ccc(C#N)c(C(F)(F)F)c4)cc32)c2cc(-c3ccc(C#N)c(C(F)(F)F)c3)ccc21. The van der Waals surface area contributed by atoms with Gasteiger partial charge in [-0.3, -0.25) is 0 Å². The van der Waals surface area contributed by atoms with Gasteiger partial charge in [0, 0.05) is 22.3 Å². The third kappa shape index (κ3) is 5.03. The third-order valence-electron chi connectivity index (χ3n) is 8.37.